The van der Waals surface area contributed by atoms with Gasteiger partial charge in [-0.25, -0.2) is 19.2 Å². The van der Waals surface area contributed by atoms with Gasteiger partial charge in [0.05, 0.1) is 48.7 Å². The molecule has 0 unspecified atom stereocenters. The highest BCUT2D eigenvalue weighted by atomic mass is 28.4. The average molecular weight is 1750 g/mol. The van der Waals surface area contributed by atoms with Gasteiger partial charge in [-0.2, -0.15) is 0 Å². The number of hydrogen-bond donors (Lipinski definition) is 2. The molecule has 0 atom stereocenters. The highest BCUT2D eigenvalue weighted by molar-refractivity contribution is 6.85. The number of carbonyl (C=O) groups excluding carboxylic acids is 6. The second-order valence-electron chi connectivity index (χ2n) is 35.0. The third-order valence-corrected chi connectivity index (χ3v) is 35.4. The summed E-state index contributed by atoms with van der Waals surface area (Å²) in [4.78, 5) is 76.7. The van der Waals surface area contributed by atoms with E-state index in [1.165, 1.54) is 12.5 Å². The van der Waals surface area contributed by atoms with Crippen LogP contribution < -0.4 is 18.9 Å². The first-order valence-corrected chi connectivity index (χ1v) is 54.1. The summed E-state index contributed by atoms with van der Waals surface area (Å²) in [7, 11) is -7.70. The molecule has 0 spiro atoms. The number of phenols is 2. The summed E-state index contributed by atoms with van der Waals surface area (Å²) in [5, 5.41) is 20.2. The monoisotopic (exact) mass is 1740 g/mol. The molecule has 0 aliphatic rings. The van der Waals surface area contributed by atoms with E-state index in [0.29, 0.717) is 70.8 Å². The summed E-state index contributed by atoms with van der Waals surface area (Å²) in [5.41, 5.74) is 10.3. The van der Waals surface area contributed by atoms with Crippen LogP contribution in [-0.4, -0.2) is 119 Å². The van der Waals surface area contributed by atoms with Gasteiger partial charge in [0.1, 0.15) is 47.7 Å². The molecule has 0 saturated carbocycles. The van der Waals surface area contributed by atoms with Crippen LogP contribution in [0.1, 0.15) is 221 Å². The number of aryl methyl sites for hydroxylation is 8. The van der Waals surface area contributed by atoms with Gasteiger partial charge in [0.2, 0.25) is 0 Å². The maximum absolute atomic E-state index is 13.5. The number of para-hydroxylation sites is 4. The highest BCUT2D eigenvalue weighted by Crippen LogP contribution is 2.39. The summed E-state index contributed by atoms with van der Waals surface area (Å²) in [6, 6.07) is 55.3. The normalized spacial score (nSPS) is 11.6. The Balaban J connectivity index is 0.000000626. The Kier molecular flexibility index (Phi) is 44.4. The van der Waals surface area contributed by atoms with E-state index >= 15 is 0 Å². The first-order valence-electron chi connectivity index (χ1n) is 41.6. The van der Waals surface area contributed by atoms with Crippen molar-refractivity contribution in [3.05, 3.63) is 248 Å². The van der Waals surface area contributed by atoms with Crippen LogP contribution in [0.15, 0.2) is 170 Å². The van der Waals surface area contributed by atoms with E-state index in [0.717, 1.165) is 138 Å². The minimum Gasteiger partial charge on any atom is -0.508 e. The molecule has 8 rings (SSSR count). The van der Waals surface area contributed by atoms with Crippen LogP contribution in [0.4, 0.5) is 0 Å². The molecule has 0 saturated heterocycles. The van der Waals surface area contributed by atoms with Gasteiger partial charge in [0, 0.05) is 24.5 Å². The maximum Gasteiger partial charge on any atom is 0.343 e. The van der Waals surface area contributed by atoms with Crippen LogP contribution >= 0.6 is 0 Å². The van der Waals surface area contributed by atoms with Crippen molar-refractivity contribution in [2.45, 2.75) is 263 Å². The van der Waals surface area contributed by atoms with E-state index in [1.807, 2.05) is 126 Å². The molecule has 8 aromatic rings. The molecule has 0 heterocycles. The van der Waals surface area contributed by atoms with Gasteiger partial charge in [-0.15, -0.1) is 0 Å². The van der Waals surface area contributed by atoms with Crippen LogP contribution in [0.5, 0.6) is 34.5 Å². The van der Waals surface area contributed by atoms with Crippen LogP contribution in [0.3, 0.4) is 0 Å². The molecule has 18 nitrogen and oxygen atoms in total. The Morgan fingerprint density at radius 1 is 0.361 bits per heavy atom. The SMILES string of the molecule is C.C.C.C.CC(=O)OCCOCCOCCOC(=O)CCc1cc(C)c(OC(=O)c2ccc(C(=O)Oc3ccccc3CCC[Si](C)(C)O[Si](C)(C)CCCc3ccccc3O)cc2)c(C(C)(C)C)c1.CCCc1cc(C)c(OC(=O)c2ccc(C(=O)Oc3ccccc3CCC[Si](C)(C)O[Si](C)(C)CCCc3ccccc3O)cc2)c(C(C)(C)C)c1. The van der Waals surface area contributed by atoms with Crippen LogP contribution in [-0.2, 0) is 86.1 Å². The summed E-state index contributed by atoms with van der Waals surface area (Å²) in [6.07, 6.45) is 9.64. The molecule has 668 valence electrons. The van der Waals surface area contributed by atoms with Crippen molar-refractivity contribution in [2.24, 2.45) is 0 Å². The second-order valence-corrected chi connectivity index (χ2v) is 52.7. The smallest absolute Gasteiger partial charge is 0.343 e. The van der Waals surface area contributed by atoms with Gasteiger partial charge < -0.3 is 56.3 Å². The molecule has 0 aliphatic carbocycles. The van der Waals surface area contributed by atoms with Crippen molar-refractivity contribution < 1.29 is 85.1 Å². The predicted molar refractivity (Wildman–Crippen MR) is 505 cm³/mol. The van der Waals surface area contributed by atoms with Crippen LogP contribution in [0, 0.1) is 13.8 Å². The molecule has 8 aromatic carbocycles. The van der Waals surface area contributed by atoms with Crippen LogP contribution in [0.25, 0.3) is 0 Å². The van der Waals surface area contributed by atoms with E-state index < -0.39 is 57.1 Å². The van der Waals surface area contributed by atoms with Gasteiger partial charge >= 0.3 is 35.8 Å². The van der Waals surface area contributed by atoms with E-state index in [2.05, 4.69) is 92.2 Å². The van der Waals surface area contributed by atoms with Gasteiger partial charge in [-0.1, -0.05) is 182 Å². The number of hydrogen-bond acceptors (Lipinski definition) is 18. The number of aromatic hydroxyl groups is 2. The van der Waals surface area contributed by atoms with Crippen molar-refractivity contribution in [1.29, 1.82) is 0 Å². The Labute approximate surface area is 735 Å². The number of phenolic OH excluding ortho intramolecular Hbond substituents is 2. The van der Waals surface area contributed by atoms with Crippen molar-refractivity contribution in [3.63, 3.8) is 0 Å². The van der Waals surface area contributed by atoms with Crippen molar-refractivity contribution >= 4 is 69.1 Å². The topological polar surface area (TPSA) is 235 Å². The quantitative estimate of drug-likeness (QED) is 0.0157. The number of carbonyl (C=O) groups is 6. The average Bonchev–Trinajstić information content (AvgIpc) is 0.795. The maximum atomic E-state index is 13.5. The number of ether oxygens (including phenoxy) is 8. The zero-order valence-corrected chi connectivity index (χ0v) is 77.1. The molecule has 22 heteroatoms. The first-order chi connectivity index (χ1) is 55.7. The third kappa shape index (κ3) is 36.4. The zero-order chi connectivity index (χ0) is 86.4. The first kappa shape index (κ1) is 107. The fourth-order valence-electron chi connectivity index (χ4n) is 14.4. The van der Waals surface area contributed by atoms with Gasteiger partial charge in [0.25, 0.3) is 0 Å². The molecule has 0 aromatic heterocycles. The van der Waals surface area contributed by atoms with E-state index in [4.69, 9.17) is 46.1 Å². The zero-order valence-electron chi connectivity index (χ0n) is 73.1. The molecule has 0 fully saturated rings. The van der Waals surface area contributed by atoms with E-state index in [1.54, 1.807) is 66.7 Å². The lowest BCUT2D eigenvalue weighted by atomic mass is 9.83. The van der Waals surface area contributed by atoms with Gasteiger partial charge in [-0.05, 0) is 283 Å². The predicted octanol–water partition coefficient (Wildman–Crippen LogP) is 24.4. The molecular weight excluding hydrogens is 1600 g/mol. The molecule has 2 N–H and O–H groups in total. The molecule has 0 amide bonds. The lowest BCUT2D eigenvalue weighted by Crippen LogP contribution is -2.44. The van der Waals surface area contributed by atoms with Gasteiger partial charge in [-0.3, -0.25) is 9.59 Å². The van der Waals surface area contributed by atoms with E-state index in [9.17, 15) is 39.0 Å². The Morgan fingerprint density at radius 2 is 0.656 bits per heavy atom. The summed E-state index contributed by atoms with van der Waals surface area (Å²) in [6.45, 7) is 39.6. The third-order valence-electron chi connectivity index (χ3n) is 20.3. The molecule has 0 bridgehead atoms. The van der Waals surface area contributed by atoms with E-state index in [-0.39, 0.29) is 90.9 Å². The molecular formula is C100H144O18Si4. The minimum absolute atomic E-state index is 0. The minimum atomic E-state index is -1.97. The Bertz CT molecular complexity index is 4610. The molecule has 0 aliphatic heterocycles. The summed E-state index contributed by atoms with van der Waals surface area (Å²) < 4.78 is 58.5. The van der Waals surface area contributed by atoms with Crippen LogP contribution in [0.2, 0.25) is 76.6 Å². The lowest BCUT2D eigenvalue weighted by Gasteiger charge is -2.34. The second kappa shape index (κ2) is 50.6. The number of esters is 6. The molecule has 122 heavy (non-hydrogen) atoms. The lowest BCUT2D eigenvalue weighted by molar-refractivity contribution is -0.146. The Hall–Kier alpha value is -9.11. The fraction of sp³-hybridized carbons (Fsp3) is 0.460. The standard InChI is InChI=1S/C52H70O12Si2.C44H58O6Si2.4CH4/c1-38-36-40(22-27-48(55)61-33-31-59-29-28-58-30-32-60-39(2)53)37-45(52(3,4)5)49(38)63-51(57)44-25-23-43(24-26-44)50(56)62-47-21-13-11-17-42(47)19-15-35-66(8,9)64-65(6,7)34-14-18-41-16-10-12-20-46(41)54;1-10-17-33-30-32(2)41(38(31-33)44(3,4)5)49-43(47)37-26-24-36(25-27-37)42(46)48-40-23-14-12-19-35(40)21-16-29-52(8,9)50-51(6,7)28-15-20-34-18-11-13-22-39(34)45;;;;/h10-13,16-17,20-21,23-26,36-37,54H,14-15,18-19,22,27-35H2,1-9H3;11-14,18-19,22-27,30-31,45H,10,15-17,20-21,28-29H2,1-9H3;4*1H4. The Morgan fingerprint density at radius 3 is 0.984 bits per heavy atom. The number of rotatable bonds is 42. The van der Waals surface area contributed by atoms with Crippen molar-refractivity contribution in [2.75, 3.05) is 39.6 Å². The summed E-state index contributed by atoms with van der Waals surface area (Å²) in [5.74, 6) is 0.109. The van der Waals surface area contributed by atoms with Crippen molar-refractivity contribution in [1.82, 2.24) is 0 Å². The largest absolute Gasteiger partial charge is 0.508 e. The highest BCUT2D eigenvalue weighted by Gasteiger charge is 2.35. The number of benzene rings is 8. The van der Waals surface area contributed by atoms with Crippen molar-refractivity contribution in [3.8, 4) is 34.5 Å². The fourth-order valence-corrected chi connectivity index (χ4v) is 32.2. The van der Waals surface area contributed by atoms with Gasteiger partial charge in [0.15, 0.2) is 33.3 Å². The summed E-state index contributed by atoms with van der Waals surface area (Å²) >= 11 is 0. The molecule has 0 radical (unpaired) electrons.